The van der Waals surface area contributed by atoms with Gasteiger partial charge in [-0.2, -0.15) is 0 Å². The summed E-state index contributed by atoms with van der Waals surface area (Å²) in [4.78, 5) is 10.2. The summed E-state index contributed by atoms with van der Waals surface area (Å²) in [6.07, 6.45) is -0.206. The maximum atomic E-state index is 10.2. The molecule has 0 aromatic rings. The Morgan fingerprint density at radius 1 is 1.56 bits per heavy atom. The fourth-order valence-corrected chi connectivity index (χ4v) is 0.405. The van der Waals surface area contributed by atoms with Gasteiger partial charge in [-0.1, -0.05) is 0 Å². The number of hydrogen-bond donors (Lipinski definition) is 1. The lowest BCUT2D eigenvalue weighted by Gasteiger charge is -2.12. The van der Waals surface area contributed by atoms with Gasteiger partial charge in [-0.15, -0.1) is 0 Å². The Morgan fingerprint density at radius 3 is 2.11 bits per heavy atom. The van der Waals surface area contributed by atoms with Gasteiger partial charge < -0.3 is 9.84 Å². The van der Waals surface area contributed by atoms with Gasteiger partial charge in [-0.3, -0.25) is 4.79 Å². The third-order valence-electron chi connectivity index (χ3n) is 1.47. The molecule has 0 aliphatic rings. The van der Waals surface area contributed by atoms with Crippen molar-refractivity contribution in [3.8, 4) is 0 Å². The Hall–Kier alpha value is -0.570. The maximum Gasteiger partial charge on any atom is 0.308 e. The first-order chi connectivity index (χ1) is 4.09. The fraction of sp³-hybridized carbons (Fsp3) is 0.833. The summed E-state index contributed by atoms with van der Waals surface area (Å²) in [6.45, 7) is 3.36. The molecular formula is C6H12O3. The number of carboxylic acids is 1. The second kappa shape index (κ2) is 3.45. The van der Waals surface area contributed by atoms with Gasteiger partial charge in [0, 0.05) is 7.11 Å². The van der Waals surface area contributed by atoms with Crippen molar-refractivity contribution in [2.45, 2.75) is 20.0 Å². The summed E-state index contributed by atoms with van der Waals surface area (Å²) in [5.41, 5.74) is 0. The Labute approximate surface area is 54.6 Å². The lowest BCUT2D eigenvalue weighted by Crippen LogP contribution is -2.24. The summed E-state index contributed by atoms with van der Waals surface area (Å²) < 4.78 is 4.79. The number of hydrogen-bond acceptors (Lipinski definition) is 2. The molecule has 0 radical (unpaired) electrons. The van der Waals surface area contributed by atoms with Crippen molar-refractivity contribution in [1.82, 2.24) is 0 Å². The van der Waals surface area contributed by atoms with Crippen molar-refractivity contribution in [2.24, 2.45) is 5.92 Å². The predicted molar refractivity (Wildman–Crippen MR) is 33.3 cm³/mol. The highest BCUT2D eigenvalue weighted by Gasteiger charge is 2.17. The van der Waals surface area contributed by atoms with Crippen LogP contribution in [0.4, 0.5) is 0 Å². The smallest absolute Gasteiger partial charge is 0.308 e. The molecule has 0 unspecified atom stereocenters. The normalized spacial score (nSPS) is 16.8. The number of methoxy groups -OCH3 is 1. The van der Waals surface area contributed by atoms with Crippen LogP contribution >= 0.6 is 0 Å². The first kappa shape index (κ1) is 8.43. The highest BCUT2D eigenvalue weighted by molar-refractivity contribution is 5.70. The Bertz CT molecular complexity index is 100. The molecule has 0 heterocycles. The number of carboxylic acid groups (broad SMARTS) is 1. The molecule has 0 aromatic carbocycles. The van der Waals surface area contributed by atoms with E-state index >= 15 is 0 Å². The molecule has 0 aromatic heterocycles. The molecule has 0 saturated heterocycles. The van der Waals surface area contributed by atoms with Crippen LogP contribution in [0.15, 0.2) is 0 Å². The van der Waals surface area contributed by atoms with E-state index in [4.69, 9.17) is 9.84 Å². The number of rotatable bonds is 3. The molecule has 0 spiro atoms. The largest absolute Gasteiger partial charge is 0.481 e. The zero-order valence-electron chi connectivity index (χ0n) is 5.92. The van der Waals surface area contributed by atoms with Crippen LogP contribution in [0, 0.1) is 5.92 Å². The van der Waals surface area contributed by atoms with Crippen molar-refractivity contribution < 1.29 is 14.6 Å². The molecule has 3 nitrogen and oxygen atoms in total. The van der Waals surface area contributed by atoms with E-state index in [9.17, 15) is 4.79 Å². The monoisotopic (exact) mass is 132 g/mol. The summed E-state index contributed by atoms with van der Waals surface area (Å²) in [6, 6.07) is 0. The highest BCUT2D eigenvalue weighted by Crippen LogP contribution is 2.04. The van der Waals surface area contributed by atoms with Crippen molar-refractivity contribution in [3.63, 3.8) is 0 Å². The second-order valence-corrected chi connectivity index (χ2v) is 2.07. The molecule has 0 aliphatic heterocycles. The average Bonchev–Trinajstić information content (AvgIpc) is 1.84. The minimum absolute atomic E-state index is 0.206. The zero-order chi connectivity index (χ0) is 7.44. The van der Waals surface area contributed by atoms with E-state index in [1.807, 2.05) is 0 Å². The first-order valence-corrected chi connectivity index (χ1v) is 2.85. The lowest BCUT2D eigenvalue weighted by molar-refractivity contribution is -0.145. The SMILES string of the molecule is CO[C@H](C)[C@@H](C)C(=O)O. The topological polar surface area (TPSA) is 46.5 Å². The number of aliphatic carboxylic acids is 1. The van der Waals surface area contributed by atoms with Crippen LogP contribution in [0.1, 0.15) is 13.8 Å². The van der Waals surface area contributed by atoms with Gasteiger partial charge in [-0.05, 0) is 13.8 Å². The average molecular weight is 132 g/mol. The van der Waals surface area contributed by atoms with E-state index in [-0.39, 0.29) is 6.10 Å². The van der Waals surface area contributed by atoms with Gasteiger partial charge >= 0.3 is 5.97 Å². The predicted octanol–water partition coefficient (Wildman–Crippen LogP) is 0.742. The molecule has 0 fully saturated rings. The number of carbonyl (C=O) groups is 1. The van der Waals surface area contributed by atoms with Crippen molar-refractivity contribution in [2.75, 3.05) is 7.11 Å². The summed E-state index contributed by atoms with van der Waals surface area (Å²) in [5, 5.41) is 8.40. The standard InChI is InChI=1S/C6H12O3/c1-4(6(7)8)5(2)9-3/h4-5H,1-3H3,(H,7,8)/t4-,5-/m1/s1. The Morgan fingerprint density at radius 2 is 2.00 bits per heavy atom. The third-order valence-corrected chi connectivity index (χ3v) is 1.47. The zero-order valence-corrected chi connectivity index (χ0v) is 5.92. The van der Waals surface area contributed by atoms with Gasteiger partial charge in [0.2, 0.25) is 0 Å². The molecule has 0 saturated carbocycles. The molecule has 0 rings (SSSR count). The van der Waals surface area contributed by atoms with Gasteiger partial charge in [0.05, 0.1) is 12.0 Å². The lowest BCUT2D eigenvalue weighted by atomic mass is 10.1. The molecule has 0 amide bonds. The van der Waals surface area contributed by atoms with Gasteiger partial charge in [0.25, 0.3) is 0 Å². The van der Waals surface area contributed by atoms with Crippen LogP contribution in [0.25, 0.3) is 0 Å². The van der Waals surface area contributed by atoms with E-state index in [1.165, 1.54) is 7.11 Å². The van der Waals surface area contributed by atoms with Crippen molar-refractivity contribution in [3.05, 3.63) is 0 Å². The molecule has 9 heavy (non-hydrogen) atoms. The number of ether oxygens (including phenoxy) is 1. The summed E-state index contributed by atoms with van der Waals surface area (Å²) in [5.74, 6) is -1.24. The fourth-order valence-electron chi connectivity index (χ4n) is 0.405. The van der Waals surface area contributed by atoms with Crippen molar-refractivity contribution >= 4 is 5.97 Å². The minimum atomic E-state index is -0.815. The molecule has 0 aliphatic carbocycles. The molecule has 3 heteroatoms. The van der Waals surface area contributed by atoms with E-state index in [1.54, 1.807) is 13.8 Å². The summed E-state index contributed by atoms with van der Waals surface area (Å²) >= 11 is 0. The molecule has 1 N–H and O–H groups in total. The third kappa shape index (κ3) is 2.46. The van der Waals surface area contributed by atoms with Crippen molar-refractivity contribution in [1.29, 1.82) is 0 Å². The van der Waals surface area contributed by atoms with E-state index in [0.29, 0.717) is 0 Å². The van der Waals surface area contributed by atoms with Crippen LogP contribution in [-0.4, -0.2) is 24.3 Å². The molecular weight excluding hydrogens is 120 g/mol. The van der Waals surface area contributed by atoms with Crippen LogP contribution in [0.3, 0.4) is 0 Å². The van der Waals surface area contributed by atoms with Gasteiger partial charge in [0.15, 0.2) is 0 Å². The quantitative estimate of drug-likeness (QED) is 0.616. The van der Waals surface area contributed by atoms with Crippen LogP contribution in [0.5, 0.6) is 0 Å². The second-order valence-electron chi connectivity index (χ2n) is 2.07. The molecule has 54 valence electrons. The minimum Gasteiger partial charge on any atom is -0.481 e. The molecule has 0 bridgehead atoms. The Balaban J connectivity index is 3.72. The first-order valence-electron chi connectivity index (χ1n) is 2.85. The van der Waals surface area contributed by atoms with Gasteiger partial charge in [-0.25, -0.2) is 0 Å². The summed E-state index contributed by atoms with van der Waals surface area (Å²) in [7, 11) is 1.50. The van der Waals surface area contributed by atoms with Crippen LogP contribution in [0.2, 0.25) is 0 Å². The molecule has 2 atom stereocenters. The maximum absolute atomic E-state index is 10.2. The van der Waals surface area contributed by atoms with Crippen LogP contribution in [-0.2, 0) is 9.53 Å². The van der Waals surface area contributed by atoms with Crippen LogP contribution < -0.4 is 0 Å². The van der Waals surface area contributed by atoms with E-state index in [0.717, 1.165) is 0 Å². The van der Waals surface area contributed by atoms with Gasteiger partial charge in [0.1, 0.15) is 0 Å². The van der Waals surface area contributed by atoms with E-state index in [2.05, 4.69) is 0 Å². The highest BCUT2D eigenvalue weighted by atomic mass is 16.5. The van der Waals surface area contributed by atoms with E-state index < -0.39 is 11.9 Å². The Kier molecular flexibility index (Phi) is 3.24.